The first kappa shape index (κ1) is 11.5. The molecule has 0 rings (SSSR count). The van der Waals surface area contributed by atoms with Crippen LogP contribution in [0.15, 0.2) is 24.8 Å². The molecule has 2 unspecified atom stereocenters. The lowest BCUT2D eigenvalue weighted by Gasteiger charge is -2.19. The second kappa shape index (κ2) is 6.10. The Morgan fingerprint density at radius 1 is 1.42 bits per heavy atom. The van der Waals surface area contributed by atoms with E-state index in [9.17, 15) is 0 Å². The Morgan fingerprint density at radius 2 is 2.00 bits per heavy atom. The zero-order valence-corrected chi connectivity index (χ0v) is 8.34. The van der Waals surface area contributed by atoms with Gasteiger partial charge < -0.3 is 0 Å². The van der Waals surface area contributed by atoms with E-state index in [1.807, 2.05) is 6.08 Å². The van der Waals surface area contributed by atoms with E-state index in [2.05, 4.69) is 27.0 Å². The van der Waals surface area contributed by atoms with Gasteiger partial charge in [-0.3, -0.25) is 0 Å². The SMILES string of the molecule is [B]C(CC)CC(CC)C(=C)C=C. The Labute approximate surface area is 78.2 Å². The van der Waals surface area contributed by atoms with Crippen LogP contribution in [0, 0.1) is 5.92 Å². The van der Waals surface area contributed by atoms with Gasteiger partial charge in [0.2, 0.25) is 0 Å². The molecule has 0 heterocycles. The predicted octanol–water partition coefficient (Wildman–Crippen LogP) is 3.51. The highest BCUT2D eigenvalue weighted by Crippen LogP contribution is 2.25. The maximum Gasteiger partial charge on any atom is 0.0699 e. The molecule has 0 nitrogen and oxygen atoms in total. The van der Waals surface area contributed by atoms with Gasteiger partial charge in [-0.2, -0.15) is 0 Å². The van der Waals surface area contributed by atoms with Crippen LogP contribution in [0.3, 0.4) is 0 Å². The normalized spacial score (nSPS) is 15.2. The summed E-state index contributed by atoms with van der Waals surface area (Å²) < 4.78 is 0. The van der Waals surface area contributed by atoms with E-state index in [4.69, 9.17) is 7.85 Å². The van der Waals surface area contributed by atoms with Crippen LogP contribution >= 0.6 is 0 Å². The predicted molar refractivity (Wildman–Crippen MR) is 57.5 cm³/mol. The zero-order chi connectivity index (χ0) is 9.56. The van der Waals surface area contributed by atoms with Crippen molar-refractivity contribution in [2.24, 2.45) is 5.92 Å². The number of rotatable bonds is 6. The summed E-state index contributed by atoms with van der Waals surface area (Å²) in [6, 6.07) is 0. The first-order valence-electron chi connectivity index (χ1n) is 4.72. The topological polar surface area (TPSA) is 0 Å². The highest BCUT2D eigenvalue weighted by atomic mass is 14.1. The van der Waals surface area contributed by atoms with Crippen LogP contribution in [0.2, 0.25) is 5.82 Å². The second-order valence-corrected chi connectivity index (χ2v) is 3.29. The molecule has 0 N–H and O–H groups in total. The van der Waals surface area contributed by atoms with Crippen molar-refractivity contribution in [2.75, 3.05) is 0 Å². The summed E-state index contributed by atoms with van der Waals surface area (Å²) in [5, 5.41) is 0. The summed E-state index contributed by atoms with van der Waals surface area (Å²) in [7, 11) is 5.87. The van der Waals surface area contributed by atoms with Gasteiger partial charge in [0.1, 0.15) is 0 Å². The molecule has 1 heteroatoms. The van der Waals surface area contributed by atoms with Crippen molar-refractivity contribution in [1.29, 1.82) is 0 Å². The third kappa shape index (κ3) is 3.80. The highest BCUT2D eigenvalue weighted by Gasteiger charge is 2.10. The Hall–Kier alpha value is -0.455. The average molecular weight is 162 g/mol. The molecule has 0 bridgehead atoms. The summed E-state index contributed by atoms with van der Waals surface area (Å²) in [6.07, 6.45) is 5.04. The molecular weight excluding hydrogens is 143 g/mol. The average Bonchev–Trinajstić information content (AvgIpc) is 2.12. The van der Waals surface area contributed by atoms with Crippen molar-refractivity contribution < 1.29 is 0 Å². The summed E-state index contributed by atoms with van der Waals surface area (Å²) in [5.41, 5.74) is 1.13. The Balaban J connectivity index is 3.98. The molecule has 0 spiro atoms. The highest BCUT2D eigenvalue weighted by molar-refractivity contribution is 6.11. The molecule has 0 amide bonds. The molecule has 0 saturated heterocycles. The van der Waals surface area contributed by atoms with Crippen LogP contribution in [-0.4, -0.2) is 7.85 Å². The summed E-state index contributed by atoms with van der Waals surface area (Å²) in [4.78, 5) is 0. The van der Waals surface area contributed by atoms with Crippen molar-refractivity contribution in [3.05, 3.63) is 24.8 Å². The fourth-order valence-corrected chi connectivity index (χ4v) is 1.28. The van der Waals surface area contributed by atoms with E-state index in [1.54, 1.807) is 0 Å². The fraction of sp³-hybridized carbons (Fsp3) is 0.636. The quantitative estimate of drug-likeness (QED) is 0.414. The molecule has 0 saturated carbocycles. The molecule has 0 aliphatic heterocycles. The summed E-state index contributed by atoms with van der Waals surface area (Å²) >= 11 is 0. The van der Waals surface area contributed by atoms with Crippen LogP contribution in [0.5, 0.6) is 0 Å². The van der Waals surface area contributed by atoms with Gasteiger partial charge in [-0.05, 0) is 12.3 Å². The fourth-order valence-electron chi connectivity index (χ4n) is 1.28. The van der Waals surface area contributed by atoms with Crippen molar-refractivity contribution in [3.63, 3.8) is 0 Å². The Bertz CT molecular complexity index is 149. The van der Waals surface area contributed by atoms with E-state index < -0.39 is 0 Å². The minimum absolute atomic E-state index is 0.312. The second-order valence-electron chi connectivity index (χ2n) is 3.29. The summed E-state index contributed by atoms with van der Waals surface area (Å²) in [5.74, 6) is 0.837. The van der Waals surface area contributed by atoms with Crippen molar-refractivity contribution in [3.8, 4) is 0 Å². The first-order valence-corrected chi connectivity index (χ1v) is 4.72. The van der Waals surface area contributed by atoms with Gasteiger partial charge in [-0.1, -0.05) is 57.3 Å². The minimum Gasteiger partial charge on any atom is -0.0988 e. The lowest BCUT2D eigenvalue weighted by atomic mass is 9.75. The van der Waals surface area contributed by atoms with Crippen LogP contribution < -0.4 is 0 Å². The monoisotopic (exact) mass is 162 g/mol. The van der Waals surface area contributed by atoms with Gasteiger partial charge in [-0.25, -0.2) is 0 Å². The first-order chi connectivity index (χ1) is 5.65. The third-order valence-electron chi connectivity index (χ3n) is 2.39. The Morgan fingerprint density at radius 3 is 2.33 bits per heavy atom. The third-order valence-corrected chi connectivity index (χ3v) is 2.39. The minimum atomic E-state index is 0.312. The van der Waals surface area contributed by atoms with Gasteiger partial charge in [0.25, 0.3) is 0 Å². The van der Waals surface area contributed by atoms with Crippen LogP contribution in [0.25, 0.3) is 0 Å². The number of hydrogen-bond acceptors (Lipinski definition) is 0. The van der Waals surface area contributed by atoms with Gasteiger partial charge in [0, 0.05) is 0 Å². The molecule has 2 radical (unpaired) electrons. The number of hydrogen-bond donors (Lipinski definition) is 0. The molecule has 12 heavy (non-hydrogen) atoms. The summed E-state index contributed by atoms with van der Waals surface area (Å²) in [6.45, 7) is 12.0. The van der Waals surface area contributed by atoms with Crippen LogP contribution in [0.4, 0.5) is 0 Å². The van der Waals surface area contributed by atoms with Crippen LogP contribution in [-0.2, 0) is 0 Å². The van der Waals surface area contributed by atoms with Crippen LogP contribution in [0.1, 0.15) is 33.1 Å². The maximum atomic E-state index is 5.87. The molecular formula is C11H19B. The molecule has 0 aromatic heterocycles. The standard InChI is InChI=1S/C11H19B/c1-5-9(4)10(6-2)8-11(12)7-3/h5,10-11H,1,4,6-8H2,2-3H3. The van der Waals surface area contributed by atoms with Crippen molar-refractivity contribution in [1.82, 2.24) is 0 Å². The molecule has 0 aliphatic rings. The smallest absolute Gasteiger partial charge is 0.0699 e. The molecule has 0 aliphatic carbocycles. The van der Waals surface area contributed by atoms with E-state index in [0.717, 1.165) is 24.8 Å². The van der Waals surface area contributed by atoms with E-state index in [-0.39, 0.29) is 0 Å². The maximum absolute atomic E-state index is 5.87. The van der Waals surface area contributed by atoms with Crippen molar-refractivity contribution in [2.45, 2.75) is 38.9 Å². The van der Waals surface area contributed by atoms with Gasteiger partial charge >= 0.3 is 0 Å². The van der Waals surface area contributed by atoms with Gasteiger partial charge in [-0.15, -0.1) is 0 Å². The van der Waals surface area contributed by atoms with E-state index in [0.29, 0.717) is 11.7 Å². The molecule has 0 aromatic rings. The zero-order valence-electron chi connectivity index (χ0n) is 8.34. The Kier molecular flexibility index (Phi) is 5.87. The van der Waals surface area contributed by atoms with E-state index in [1.165, 1.54) is 0 Å². The number of allylic oxidation sites excluding steroid dienone is 2. The lowest BCUT2D eigenvalue weighted by Crippen LogP contribution is -2.05. The van der Waals surface area contributed by atoms with Crippen molar-refractivity contribution >= 4 is 7.85 Å². The molecule has 2 atom stereocenters. The largest absolute Gasteiger partial charge is 0.0988 e. The van der Waals surface area contributed by atoms with E-state index >= 15 is 0 Å². The molecule has 0 fully saturated rings. The lowest BCUT2D eigenvalue weighted by molar-refractivity contribution is 0.524. The van der Waals surface area contributed by atoms with Gasteiger partial charge in [0.15, 0.2) is 0 Å². The molecule has 66 valence electrons. The molecule has 0 aromatic carbocycles. The van der Waals surface area contributed by atoms with Gasteiger partial charge in [0.05, 0.1) is 7.85 Å².